The van der Waals surface area contributed by atoms with Gasteiger partial charge in [0.1, 0.15) is 0 Å². The third kappa shape index (κ3) is 2.79. The summed E-state index contributed by atoms with van der Waals surface area (Å²) in [5.74, 6) is 0. The summed E-state index contributed by atoms with van der Waals surface area (Å²) in [5, 5.41) is 0.827. The maximum Gasteiger partial charge on any atom is 0.184 e. The van der Waals surface area contributed by atoms with Gasteiger partial charge in [-0.2, -0.15) is 0 Å². The van der Waals surface area contributed by atoms with Crippen LogP contribution in [-0.2, 0) is 14.8 Å². The molecule has 1 aromatic rings. The minimum atomic E-state index is -0.316. The first-order valence-electron chi connectivity index (χ1n) is 4.12. The van der Waals surface area contributed by atoms with Crippen LogP contribution in [0.5, 0.6) is 0 Å². The van der Waals surface area contributed by atoms with Gasteiger partial charge in [0.15, 0.2) is 6.29 Å². The molecule has 2 nitrogen and oxygen atoms in total. The molecule has 78 valence electrons. The molecule has 0 radical (unpaired) electrons. The van der Waals surface area contributed by atoms with E-state index < -0.39 is 0 Å². The van der Waals surface area contributed by atoms with Crippen molar-refractivity contribution in [2.45, 2.75) is 11.6 Å². The fourth-order valence-corrected chi connectivity index (χ4v) is 1.99. The Kier molecular flexibility index (Phi) is 5.09. The zero-order chi connectivity index (χ0) is 10.6. The predicted molar refractivity (Wildman–Crippen MR) is 63.5 cm³/mol. The average molecular weight is 324 g/mol. The van der Waals surface area contributed by atoms with Crippen LogP contribution in [-0.4, -0.2) is 14.2 Å². The first-order chi connectivity index (χ1) is 6.72. The lowest BCUT2D eigenvalue weighted by Gasteiger charge is -2.16. The highest BCUT2D eigenvalue weighted by Crippen LogP contribution is 2.27. The SMILES string of the molecule is COC(OC)c1cc(CBr)ccc1Br. The maximum atomic E-state index is 5.20. The minimum Gasteiger partial charge on any atom is -0.352 e. The Morgan fingerprint density at radius 1 is 1.29 bits per heavy atom. The summed E-state index contributed by atoms with van der Waals surface area (Å²) < 4.78 is 11.4. The standard InChI is InChI=1S/C10H12Br2O2/c1-13-10(14-2)8-5-7(6-11)3-4-9(8)12/h3-5,10H,6H2,1-2H3. The molecule has 0 atom stereocenters. The van der Waals surface area contributed by atoms with Gasteiger partial charge in [-0.05, 0) is 17.7 Å². The number of hydrogen-bond acceptors (Lipinski definition) is 2. The molecule has 0 saturated heterocycles. The molecule has 1 rings (SSSR count). The van der Waals surface area contributed by atoms with Crippen molar-refractivity contribution in [3.63, 3.8) is 0 Å². The van der Waals surface area contributed by atoms with E-state index in [9.17, 15) is 0 Å². The van der Waals surface area contributed by atoms with Crippen molar-refractivity contribution < 1.29 is 9.47 Å². The van der Waals surface area contributed by atoms with Crippen LogP contribution in [0.4, 0.5) is 0 Å². The highest BCUT2D eigenvalue weighted by Gasteiger charge is 2.12. The fourth-order valence-electron chi connectivity index (χ4n) is 1.21. The number of ether oxygens (including phenoxy) is 2. The van der Waals surface area contributed by atoms with E-state index in [0.29, 0.717) is 0 Å². The van der Waals surface area contributed by atoms with Gasteiger partial charge in [0.25, 0.3) is 0 Å². The highest BCUT2D eigenvalue weighted by molar-refractivity contribution is 9.10. The van der Waals surface area contributed by atoms with E-state index in [-0.39, 0.29) is 6.29 Å². The van der Waals surface area contributed by atoms with Gasteiger partial charge in [0.05, 0.1) is 0 Å². The number of alkyl halides is 1. The van der Waals surface area contributed by atoms with Crippen LogP contribution in [0.1, 0.15) is 17.4 Å². The van der Waals surface area contributed by atoms with Crippen molar-refractivity contribution in [2.24, 2.45) is 0 Å². The van der Waals surface area contributed by atoms with Crippen molar-refractivity contribution in [1.82, 2.24) is 0 Å². The first kappa shape index (κ1) is 12.2. The maximum absolute atomic E-state index is 5.20. The van der Waals surface area contributed by atoms with Crippen LogP contribution >= 0.6 is 31.9 Å². The second-order valence-corrected chi connectivity index (χ2v) is 4.21. The Morgan fingerprint density at radius 2 is 1.93 bits per heavy atom. The topological polar surface area (TPSA) is 18.5 Å². The number of hydrogen-bond donors (Lipinski definition) is 0. The van der Waals surface area contributed by atoms with Gasteiger partial charge in [-0.1, -0.05) is 37.9 Å². The molecule has 0 spiro atoms. The lowest BCUT2D eigenvalue weighted by molar-refractivity contribution is -0.106. The Morgan fingerprint density at radius 3 is 2.43 bits per heavy atom. The van der Waals surface area contributed by atoms with Gasteiger partial charge in [-0.15, -0.1) is 0 Å². The number of methoxy groups -OCH3 is 2. The van der Waals surface area contributed by atoms with Crippen molar-refractivity contribution >= 4 is 31.9 Å². The summed E-state index contributed by atoms with van der Waals surface area (Å²) in [6, 6.07) is 6.10. The van der Waals surface area contributed by atoms with E-state index in [1.54, 1.807) is 14.2 Å². The van der Waals surface area contributed by atoms with E-state index in [0.717, 1.165) is 15.4 Å². The second kappa shape index (κ2) is 5.85. The molecule has 4 heteroatoms. The molecule has 0 aliphatic rings. The monoisotopic (exact) mass is 322 g/mol. The Labute approximate surface area is 101 Å². The van der Waals surface area contributed by atoms with Crippen molar-refractivity contribution in [3.8, 4) is 0 Å². The minimum absolute atomic E-state index is 0.316. The molecule has 0 unspecified atom stereocenters. The van der Waals surface area contributed by atoms with Gasteiger partial charge >= 0.3 is 0 Å². The first-order valence-corrected chi connectivity index (χ1v) is 6.04. The van der Waals surface area contributed by atoms with Crippen LogP contribution in [0.2, 0.25) is 0 Å². The Balaban J connectivity index is 3.04. The summed E-state index contributed by atoms with van der Waals surface area (Å²) in [6.07, 6.45) is -0.316. The molecule has 0 aliphatic heterocycles. The smallest absolute Gasteiger partial charge is 0.184 e. The van der Waals surface area contributed by atoms with E-state index in [1.165, 1.54) is 5.56 Å². The third-order valence-corrected chi connectivity index (χ3v) is 3.27. The molecule has 1 aromatic carbocycles. The average Bonchev–Trinajstić information content (AvgIpc) is 2.22. The molecule has 0 bridgehead atoms. The molecular formula is C10H12Br2O2. The van der Waals surface area contributed by atoms with Gasteiger partial charge in [-0.3, -0.25) is 0 Å². The quantitative estimate of drug-likeness (QED) is 0.622. The molecule has 0 aliphatic carbocycles. The van der Waals surface area contributed by atoms with Crippen LogP contribution < -0.4 is 0 Å². The highest BCUT2D eigenvalue weighted by atomic mass is 79.9. The van der Waals surface area contributed by atoms with Crippen molar-refractivity contribution in [3.05, 3.63) is 33.8 Å². The van der Waals surface area contributed by atoms with Crippen LogP contribution in [0.25, 0.3) is 0 Å². The van der Waals surface area contributed by atoms with Gasteiger partial charge in [0.2, 0.25) is 0 Å². The molecule has 0 aromatic heterocycles. The number of benzene rings is 1. The van der Waals surface area contributed by atoms with Crippen molar-refractivity contribution in [1.29, 1.82) is 0 Å². The van der Waals surface area contributed by atoms with E-state index >= 15 is 0 Å². The van der Waals surface area contributed by atoms with Crippen LogP contribution in [0.15, 0.2) is 22.7 Å². The van der Waals surface area contributed by atoms with Gasteiger partial charge in [0, 0.05) is 29.6 Å². The van der Waals surface area contributed by atoms with Crippen LogP contribution in [0.3, 0.4) is 0 Å². The predicted octanol–water partition coefficient (Wildman–Crippen LogP) is 3.64. The zero-order valence-electron chi connectivity index (χ0n) is 8.09. The summed E-state index contributed by atoms with van der Waals surface area (Å²) in [7, 11) is 3.25. The third-order valence-electron chi connectivity index (χ3n) is 1.90. The van der Waals surface area contributed by atoms with E-state index in [1.807, 2.05) is 12.1 Å². The molecule has 0 fully saturated rings. The van der Waals surface area contributed by atoms with E-state index in [2.05, 4.69) is 37.9 Å². The molecule has 0 N–H and O–H groups in total. The van der Waals surface area contributed by atoms with E-state index in [4.69, 9.17) is 9.47 Å². The molecular weight excluding hydrogens is 312 g/mol. The largest absolute Gasteiger partial charge is 0.352 e. The fraction of sp³-hybridized carbons (Fsp3) is 0.400. The molecule has 0 saturated carbocycles. The summed E-state index contributed by atoms with van der Waals surface area (Å²) in [6.45, 7) is 0. The Hall–Kier alpha value is 0.1000. The number of halogens is 2. The zero-order valence-corrected chi connectivity index (χ0v) is 11.3. The van der Waals surface area contributed by atoms with Crippen molar-refractivity contribution in [2.75, 3.05) is 14.2 Å². The van der Waals surface area contributed by atoms with Gasteiger partial charge < -0.3 is 9.47 Å². The molecule has 14 heavy (non-hydrogen) atoms. The summed E-state index contributed by atoms with van der Waals surface area (Å²) >= 11 is 6.88. The lowest BCUT2D eigenvalue weighted by Crippen LogP contribution is -2.04. The summed E-state index contributed by atoms with van der Waals surface area (Å²) in [4.78, 5) is 0. The normalized spacial score (nSPS) is 10.9. The Bertz CT molecular complexity index is 298. The van der Waals surface area contributed by atoms with Crippen LogP contribution in [0, 0.1) is 0 Å². The molecule has 0 heterocycles. The lowest BCUT2D eigenvalue weighted by atomic mass is 10.1. The second-order valence-electron chi connectivity index (χ2n) is 2.79. The number of rotatable bonds is 4. The van der Waals surface area contributed by atoms with Gasteiger partial charge in [-0.25, -0.2) is 0 Å². The molecule has 0 amide bonds. The summed E-state index contributed by atoms with van der Waals surface area (Å²) in [5.41, 5.74) is 2.20.